The Morgan fingerprint density at radius 1 is 1.36 bits per heavy atom. The van der Waals surface area contributed by atoms with E-state index in [1.807, 2.05) is 0 Å². The van der Waals surface area contributed by atoms with Crippen LogP contribution in [0.5, 0.6) is 0 Å². The van der Waals surface area contributed by atoms with Gasteiger partial charge in [0.2, 0.25) is 0 Å². The van der Waals surface area contributed by atoms with Gasteiger partial charge in [0.05, 0.1) is 26.2 Å². The minimum absolute atomic E-state index is 0.157. The van der Waals surface area contributed by atoms with Crippen molar-refractivity contribution < 1.29 is 14.3 Å². The van der Waals surface area contributed by atoms with Crippen molar-refractivity contribution in [1.82, 2.24) is 0 Å². The number of nitrogens with zero attached hydrogens (tertiary/aromatic N) is 1. The number of hydrogen-bond donors (Lipinski definition) is 1. The summed E-state index contributed by atoms with van der Waals surface area (Å²) >= 11 is 0. The zero-order valence-corrected chi connectivity index (χ0v) is 8.85. The topological polar surface area (TPSA) is 29.5 Å². The summed E-state index contributed by atoms with van der Waals surface area (Å²) in [5, 5.41) is 10.3. The molecule has 3 fully saturated rings. The van der Waals surface area contributed by atoms with Crippen molar-refractivity contribution in [2.45, 2.75) is 37.5 Å². The van der Waals surface area contributed by atoms with Crippen LogP contribution in [-0.2, 0) is 4.74 Å². The Morgan fingerprint density at radius 3 is 3.07 bits per heavy atom. The van der Waals surface area contributed by atoms with Crippen LogP contribution in [0, 0.1) is 5.92 Å². The molecule has 3 heteroatoms. The minimum atomic E-state index is -0.205. The summed E-state index contributed by atoms with van der Waals surface area (Å²) in [7, 11) is 2.31. The summed E-state index contributed by atoms with van der Waals surface area (Å²) in [6, 6.07) is 0.453. The number of quaternary nitrogens is 1. The second-order valence-electron chi connectivity index (χ2n) is 5.47. The summed E-state index contributed by atoms with van der Waals surface area (Å²) in [6.07, 6.45) is 3.57. The van der Waals surface area contributed by atoms with Gasteiger partial charge in [-0.05, 0) is 6.42 Å². The molecular formula is C11H20NO2+. The third kappa shape index (κ3) is 1.09. The number of fused-ring (bicyclic) bond motifs is 2. The van der Waals surface area contributed by atoms with Gasteiger partial charge >= 0.3 is 0 Å². The van der Waals surface area contributed by atoms with Gasteiger partial charge in [-0.3, -0.25) is 0 Å². The Kier molecular flexibility index (Phi) is 1.92. The molecule has 5 atom stereocenters. The molecule has 0 aromatic rings. The molecule has 14 heavy (non-hydrogen) atoms. The number of ether oxygens (including phenoxy) is 1. The first-order valence-corrected chi connectivity index (χ1v) is 5.85. The van der Waals surface area contributed by atoms with Crippen molar-refractivity contribution in [3.63, 3.8) is 0 Å². The molecule has 3 nitrogen and oxygen atoms in total. The highest BCUT2D eigenvalue weighted by Gasteiger charge is 2.55. The van der Waals surface area contributed by atoms with Crippen molar-refractivity contribution in [1.29, 1.82) is 0 Å². The number of likely N-dealkylation sites (N-methyl/N-ethyl adjacent to an activating group) is 1. The average Bonchev–Trinajstić information content (AvgIpc) is 2.70. The number of rotatable bonds is 0. The van der Waals surface area contributed by atoms with E-state index in [-0.39, 0.29) is 12.2 Å². The normalized spacial score (nSPS) is 57.0. The Balaban J connectivity index is 1.89. The molecule has 3 rings (SSSR count). The van der Waals surface area contributed by atoms with Gasteiger partial charge in [0.25, 0.3) is 0 Å². The zero-order chi connectivity index (χ0) is 9.76. The van der Waals surface area contributed by atoms with Crippen LogP contribution in [0.4, 0.5) is 0 Å². The van der Waals surface area contributed by atoms with Crippen LogP contribution in [0.1, 0.15) is 19.3 Å². The van der Waals surface area contributed by atoms with E-state index in [1.165, 1.54) is 25.9 Å². The van der Waals surface area contributed by atoms with Gasteiger partial charge < -0.3 is 14.3 Å². The van der Waals surface area contributed by atoms with Gasteiger partial charge in [-0.2, -0.15) is 0 Å². The van der Waals surface area contributed by atoms with Gasteiger partial charge in [-0.1, -0.05) is 0 Å². The number of aliphatic hydroxyl groups excluding tert-OH is 1. The lowest BCUT2D eigenvalue weighted by molar-refractivity contribution is -0.933. The fraction of sp³-hybridized carbons (Fsp3) is 1.00. The molecule has 1 N–H and O–H groups in total. The molecule has 0 radical (unpaired) electrons. The maximum Gasteiger partial charge on any atom is 0.132 e. The lowest BCUT2D eigenvalue weighted by Crippen LogP contribution is -2.64. The minimum Gasteiger partial charge on any atom is -0.384 e. The van der Waals surface area contributed by atoms with E-state index in [9.17, 15) is 5.11 Å². The van der Waals surface area contributed by atoms with Gasteiger partial charge in [-0.25, -0.2) is 0 Å². The number of piperidine rings is 1. The van der Waals surface area contributed by atoms with Crippen molar-refractivity contribution >= 4 is 0 Å². The van der Waals surface area contributed by atoms with Crippen LogP contribution in [0.15, 0.2) is 0 Å². The molecule has 3 aliphatic heterocycles. The predicted octanol–water partition coefficient (Wildman–Crippen LogP) is 0.375. The first-order chi connectivity index (χ1) is 6.71. The Morgan fingerprint density at radius 2 is 2.21 bits per heavy atom. The van der Waals surface area contributed by atoms with Crippen molar-refractivity contribution in [2.75, 3.05) is 26.7 Å². The van der Waals surface area contributed by atoms with Crippen LogP contribution in [0.3, 0.4) is 0 Å². The molecule has 0 aromatic heterocycles. The highest BCUT2D eigenvalue weighted by atomic mass is 16.5. The SMILES string of the molecule is C[N@+]12CCC[C@H]1[C@@H](O)[C@H]1OCC[C@H]1C2. The van der Waals surface area contributed by atoms with E-state index in [0.717, 1.165) is 17.5 Å². The summed E-state index contributed by atoms with van der Waals surface area (Å²) in [4.78, 5) is 0. The number of aliphatic hydroxyl groups is 1. The predicted molar refractivity (Wildman–Crippen MR) is 52.8 cm³/mol. The fourth-order valence-electron chi connectivity index (χ4n) is 3.89. The summed E-state index contributed by atoms with van der Waals surface area (Å²) in [6.45, 7) is 3.34. The van der Waals surface area contributed by atoms with E-state index in [1.54, 1.807) is 0 Å². The highest BCUT2D eigenvalue weighted by molar-refractivity contribution is 4.93. The maximum absolute atomic E-state index is 10.3. The Labute approximate surface area is 85.2 Å². The molecular weight excluding hydrogens is 178 g/mol. The molecule has 0 bridgehead atoms. The van der Waals surface area contributed by atoms with Crippen molar-refractivity contribution in [2.24, 2.45) is 5.92 Å². The third-order valence-electron chi connectivity index (χ3n) is 4.62. The fourth-order valence-corrected chi connectivity index (χ4v) is 3.89. The molecule has 0 spiro atoms. The van der Waals surface area contributed by atoms with E-state index in [4.69, 9.17) is 4.74 Å². The van der Waals surface area contributed by atoms with E-state index in [2.05, 4.69) is 7.05 Å². The monoisotopic (exact) mass is 198 g/mol. The van der Waals surface area contributed by atoms with Gasteiger partial charge in [0, 0.05) is 25.4 Å². The maximum atomic E-state index is 10.3. The highest BCUT2D eigenvalue weighted by Crippen LogP contribution is 2.40. The second-order valence-corrected chi connectivity index (χ2v) is 5.47. The second kappa shape index (κ2) is 2.94. The Bertz CT molecular complexity index is 245. The number of hydrogen-bond acceptors (Lipinski definition) is 2. The molecule has 3 aliphatic rings. The molecule has 3 heterocycles. The first-order valence-electron chi connectivity index (χ1n) is 5.85. The summed E-state index contributed by atoms with van der Waals surface area (Å²) in [5.41, 5.74) is 0. The lowest BCUT2D eigenvalue weighted by Gasteiger charge is -2.47. The first kappa shape index (κ1) is 9.13. The van der Waals surface area contributed by atoms with Crippen LogP contribution >= 0.6 is 0 Å². The zero-order valence-electron chi connectivity index (χ0n) is 8.85. The molecule has 0 amide bonds. The molecule has 3 saturated heterocycles. The van der Waals surface area contributed by atoms with Gasteiger partial charge in [0.15, 0.2) is 0 Å². The molecule has 80 valence electrons. The van der Waals surface area contributed by atoms with Crippen LogP contribution < -0.4 is 0 Å². The van der Waals surface area contributed by atoms with Gasteiger partial charge in [0.1, 0.15) is 12.1 Å². The molecule has 0 saturated carbocycles. The van der Waals surface area contributed by atoms with E-state index in [0.29, 0.717) is 12.0 Å². The lowest BCUT2D eigenvalue weighted by atomic mass is 9.86. The van der Waals surface area contributed by atoms with Crippen LogP contribution in [0.25, 0.3) is 0 Å². The van der Waals surface area contributed by atoms with Crippen LogP contribution in [0.2, 0.25) is 0 Å². The quantitative estimate of drug-likeness (QED) is 0.570. The third-order valence-corrected chi connectivity index (χ3v) is 4.62. The summed E-state index contributed by atoms with van der Waals surface area (Å²) in [5.74, 6) is 0.615. The van der Waals surface area contributed by atoms with Crippen molar-refractivity contribution in [3.05, 3.63) is 0 Å². The van der Waals surface area contributed by atoms with E-state index >= 15 is 0 Å². The summed E-state index contributed by atoms with van der Waals surface area (Å²) < 4.78 is 6.77. The molecule has 0 aliphatic carbocycles. The van der Waals surface area contributed by atoms with Gasteiger partial charge in [-0.15, -0.1) is 0 Å². The molecule has 0 unspecified atom stereocenters. The standard InChI is InChI=1S/C11H20NO2/c1-12-5-2-3-9(12)10(13)11-8(7-12)4-6-14-11/h8-11,13H,2-7H2,1H3/q+1/t8-,9-,10+,11-,12+/m0/s1. The van der Waals surface area contributed by atoms with Crippen LogP contribution in [-0.4, -0.2) is 54.6 Å². The average molecular weight is 198 g/mol. The van der Waals surface area contributed by atoms with E-state index < -0.39 is 0 Å². The Hall–Kier alpha value is -0.120. The largest absolute Gasteiger partial charge is 0.384 e. The van der Waals surface area contributed by atoms with Crippen molar-refractivity contribution in [3.8, 4) is 0 Å². The molecule has 0 aromatic carbocycles. The smallest absolute Gasteiger partial charge is 0.132 e.